The Kier molecular flexibility index (Phi) is 4.18. The fourth-order valence-electron chi connectivity index (χ4n) is 0.560. The van der Waals surface area contributed by atoms with Gasteiger partial charge in [-0.2, -0.15) is 0 Å². The molecule has 0 aromatic rings. The van der Waals surface area contributed by atoms with Crippen molar-refractivity contribution in [3.05, 3.63) is 5.57 Å². The highest BCUT2D eigenvalue weighted by atomic mass is 16.5. The molecule has 0 fully saturated rings. The first-order valence-corrected chi connectivity index (χ1v) is 3.18. The number of hydrogen-bond donors (Lipinski definition) is 1. The van der Waals surface area contributed by atoms with Crippen LogP contribution < -0.4 is 0 Å². The highest BCUT2D eigenvalue weighted by Crippen LogP contribution is 2.03. The number of rotatable bonds is 3. The van der Waals surface area contributed by atoms with Gasteiger partial charge in [-0.05, 0) is 6.42 Å². The van der Waals surface area contributed by atoms with Crippen LogP contribution in [0.1, 0.15) is 13.3 Å². The Morgan fingerprint density at radius 2 is 2.27 bits per heavy atom. The Hall–Kier alpha value is -1.12. The van der Waals surface area contributed by atoms with E-state index in [0.29, 0.717) is 6.42 Å². The monoisotopic (exact) mass is 158 g/mol. The van der Waals surface area contributed by atoms with Gasteiger partial charge in [0.05, 0.1) is 13.2 Å². The van der Waals surface area contributed by atoms with Crippen LogP contribution in [0.5, 0.6) is 0 Å². The first-order valence-electron chi connectivity index (χ1n) is 3.18. The summed E-state index contributed by atoms with van der Waals surface area (Å²) in [5.41, 5.74) is -0.352. The molecule has 0 aliphatic heterocycles. The molecule has 0 aliphatic carbocycles. The largest absolute Gasteiger partial charge is 0.465 e. The third-order valence-electron chi connectivity index (χ3n) is 1.24. The molecule has 0 saturated heterocycles. The van der Waals surface area contributed by atoms with Gasteiger partial charge >= 0.3 is 5.97 Å². The molecule has 62 valence electrons. The van der Waals surface area contributed by atoms with Crippen molar-refractivity contribution >= 4 is 11.9 Å². The lowest BCUT2D eigenvalue weighted by atomic mass is 10.1. The van der Waals surface area contributed by atoms with Crippen LogP contribution in [0.25, 0.3) is 0 Å². The van der Waals surface area contributed by atoms with E-state index in [4.69, 9.17) is 5.11 Å². The van der Waals surface area contributed by atoms with Gasteiger partial charge in [0.1, 0.15) is 11.5 Å². The van der Waals surface area contributed by atoms with Crippen molar-refractivity contribution in [3.8, 4) is 0 Å². The average molecular weight is 158 g/mol. The Balaban J connectivity index is 4.43. The first-order chi connectivity index (χ1) is 5.17. The molecule has 0 aromatic carbocycles. The summed E-state index contributed by atoms with van der Waals surface area (Å²) in [6.45, 7) is 1.64. The topological polar surface area (TPSA) is 63.6 Å². The van der Waals surface area contributed by atoms with Gasteiger partial charge in [-0.15, -0.1) is 0 Å². The van der Waals surface area contributed by atoms with E-state index >= 15 is 0 Å². The van der Waals surface area contributed by atoms with Crippen LogP contribution in [0.2, 0.25) is 0 Å². The molecule has 0 radical (unpaired) electrons. The molecule has 0 saturated carbocycles. The maximum Gasteiger partial charge on any atom is 0.347 e. The van der Waals surface area contributed by atoms with E-state index in [-0.39, 0.29) is 5.57 Å². The lowest BCUT2D eigenvalue weighted by molar-refractivity contribution is -0.137. The van der Waals surface area contributed by atoms with Crippen molar-refractivity contribution < 1.29 is 19.4 Å². The molecule has 1 atom stereocenters. The van der Waals surface area contributed by atoms with Gasteiger partial charge in [-0.1, -0.05) is 6.92 Å². The Bertz CT molecular complexity index is 191. The first kappa shape index (κ1) is 9.88. The van der Waals surface area contributed by atoms with Gasteiger partial charge in [0.15, 0.2) is 0 Å². The summed E-state index contributed by atoms with van der Waals surface area (Å²) in [5.74, 6) is 0.521. The van der Waals surface area contributed by atoms with Gasteiger partial charge in [0, 0.05) is 0 Å². The van der Waals surface area contributed by atoms with Crippen molar-refractivity contribution in [2.75, 3.05) is 7.11 Å². The Morgan fingerprint density at radius 3 is 2.55 bits per heavy atom. The van der Waals surface area contributed by atoms with E-state index in [1.807, 2.05) is 0 Å². The van der Waals surface area contributed by atoms with Crippen LogP contribution in [-0.2, 0) is 14.3 Å². The fourth-order valence-corrected chi connectivity index (χ4v) is 0.560. The second kappa shape index (κ2) is 4.66. The number of aliphatic hydroxyl groups is 1. The minimum absolute atomic E-state index is 0.291. The van der Waals surface area contributed by atoms with Crippen LogP contribution in [0.15, 0.2) is 5.57 Å². The zero-order valence-electron chi connectivity index (χ0n) is 6.46. The Labute approximate surface area is 64.5 Å². The van der Waals surface area contributed by atoms with Gasteiger partial charge in [0.25, 0.3) is 0 Å². The van der Waals surface area contributed by atoms with Gasteiger partial charge in [0.2, 0.25) is 0 Å². The average Bonchev–Trinajstić information content (AvgIpc) is 2.05. The lowest BCUT2D eigenvalue weighted by Crippen LogP contribution is -2.18. The van der Waals surface area contributed by atoms with Crippen LogP contribution in [0.4, 0.5) is 0 Å². The third kappa shape index (κ3) is 2.53. The van der Waals surface area contributed by atoms with Crippen molar-refractivity contribution in [2.45, 2.75) is 19.4 Å². The standard InChI is InChI=1S/C7H10O4/c1-3-6(9)5(4-8)7(10)11-2/h6,9H,3H2,1-2H3. The van der Waals surface area contributed by atoms with E-state index in [9.17, 15) is 9.59 Å². The van der Waals surface area contributed by atoms with Crippen molar-refractivity contribution in [2.24, 2.45) is 0 Å². The number of aliphatic hydroxyl groups excluding tert-OH is 1. The SMILES string of the molecule is CCC(O)C(=C=O)C(=O)OC. The van der Waals surface area contributed by atoms with Crippen LogP contribution in [0.3, 0.4) is 0 Å². The van der Waals surface area contributed by atoms with Crippen LogP contribution in [0, 0.1) is 0 Å². The molecule has 0 heterocycles. The molecule has 0 rings (SSSR count). The second-order valence-electron chi connectivity index (χ2n) is 1.93. The molecular weight excluding hydrogens is 148 g/mol. The summed E-state index contributed by atoms with van der Waals surface area (Å²) in [5, 5.41) is 9.02. The minimum atomic E-state index is -1.07. The van der Waals surface area contributed by atoms with E-state index in [0.717, 1.165) is 7.11 Å². The number of esters is 1. The molecule has 0 spiro atoms. The predicted octanol–water partition coefficient (Wildman–Crippen LogP) is -0.312. The quantitative estimate of drug-likeness (QED) is 0.347. The summed E-state index contributed by atoms with van der Waals surface area (Å²) in [6, 6.07) is 0. The van der Waals surface area contributed by atoms with Gasteiger partial charge in [-0.3, -0.25) is 0 Å². The van der Waals surface area contributed by atoms with Crippen LogP contribution >= 0.6 is 0 Å². The fraction of sp³-hybridized carbons (Fsp3) is 0.571. The van der Waals surface area contributed by atoms with Crippen molar-refractivity contribution in [1.29, 1.82) is 0 Å². The molecule has 0 aromatic heterocycles. The summed E-state index contributed by atoms with van der Waals surface area (Å²) < 4.78 is 4.23. The second-order valence-corrected chi connectivity index (χ2v) is 1.93. The highest BCUT2D eigenvalue weighted by Gasteiger charge is 2.18. The molecule has 0 bridgehead atoms. The predicted molar refractivity (Wildman–Crippen MR) is 37.5 cm³/mol. The van der Waals surface area contributed by atoms with Crippen molar-refractivity contribution in [3.63, 3.8) is 0 Å². The maximum atomic E-state index is 10.7. The molecule has 0 aliphatic rings. The molecule has 4 heteroatoms. The normalized spacial score (nSPS) is 11.5. The summed E-state index contributed by atoms with van der Waals surface area (Å²) in [6.07, 6.45) is -0.778. The van der Waals surface area contributed by atoms with Crippen molar-refractivity contribution in [1.82, 2.24) is 0 Å². The molecule has 11 heavy (non-hydrogen) atoms. The smallest absolute Gasteiger partial charge is 0.347 e. The van der Waals surface area contributed by atoms with Gasteiger partial charge < -0.3 is 9.84 Å². The Morgan fingerprint density at radius 1 is 1.73 bits per heavy atom. The van der Waals surface area contributed by atoms with E-state index in [1.165, 1.54) is 5.94 Å². The summed E-state index contributed by atoms with van der Waals surface area (Å²) >= 11 is 0. The summed E-state index contributed by atoms with van der Waals surface area (Å²) in [7, 11) is 1.14. The van der Waals surface area contributed by atoms with E-state index in [2.05, 4.69) is 4.74 Å². The number of methoxy groups -OCH3 is 1. The number of carbonyl (C=O) groups excluding carboxylic acids is 2. The lowest BCUT2D eigenvalue weighted by Gasteiger charge is -2.05. The summed E-state index contributed by atoms with van der Waals surface area (Å²) in [4.78, 5) is 20.7. The maximum absolute atomic E-state index is 10.7. The zero-order valence-corrected chi connectivity index (χ0v) is 6.46. The number of ether oxygens (including phenoxy) is 1. The molecule has 4 nitrogen and oxygen atoms in total. The number of hydrogen-bond acceptors (Lipinski definition) is 4. The highest BCUT2D eigenvalue weighted by molar-refractivity contribution is 5.97. The molecule has 1 N–H and O–H groups in total. The third-order valence-corrected chi connectivity index (χ3v) is 1.24. The number of carbonyl (C=O) groups is 1. The molecule has 1 unspecified atom stereocenters. The van der Waals surface area contributed by atoms with E-state index < -0.39 is 12.1 Å². The minimum Gasteiger partial charge on any atom is -0.465 e. The van der Waals surface area contributed by atoms with E-state index in [1.54, 1.807) is 6.92 Å². The zero-order chi connectivity index (χ0) is 8.85. The molecule has 0 amide bonds. The van der Waals surface area contributed by atoms with Crippen LogP contribution in [-0.4, -0.2) is 30.2 Å². The van der Waals surface area contributed by atoms with Gasteiger partial charge in [-0.25, -0.2) is 9.59 Å². The molecular formula is C7H10O4.